The maximum absolute atomic E-state index is 2.55. The van der Waals surface area contributed by atoms with Crippen molar-refractivity contribution >= 4 is 0 Å². The number of fused-ring (bicyclic) bond motifs is 1. The molecule has 0 nitrogen and oxygen atoms in total. The molecule has 2 aliphatic carbocycles. The summed E-state index contributed by atoms with van der Waals surface area (Å²) in [5.41, 5.74) is 2.33. The highest BCUT2D eigenvalue weighted by Crippen LogP contribution is 2.56. The van der Waals surface area contributed by atoms with Gasteiger partial charge in [-0.25, -0.2) is 0 Å². The zero-order chi connectivity index (χ0) is 8.06. The second-order valence-electron chi connectivity index (χ2n) is 5.08. The van der Waals surface area contributed by atoms with E-state index in [-0.39, 0.29) is 0 Å². The van der Waals surface area contributed by atoms with Gasteiger partial charge in [-0.3, -0.25) is 0 Å². The van der Waals surface area contributed by atoms with Crippen LogP contribution in [0.3, 0.4) is 0 Å². The fourth-order valence-electron chi connectivity index (χ4n) is 2.75. The van der Waals surface area contributed by atoms with E-state index in [0.717, 1.165) is 11.8 Å². The summed E-state index contributed by atoms with van der Waals surface area (Å²) in [7, 11) is 0. The Hall–Kier alpha value is -0.260. The predicted octanol–water partition coefficient (Wildman–Crippen LogP) is 3.39. The third kappa shape index (κ3) is 1.36. The Balaban J connectivity index is 2.01. The molecule has 1 fully saturated rings. The van der Waals surface area contributed by atoms with Crippen molar-refractivity contribution in [3.05, 3.63) is 11.6 Å². The van der Waals surface area contributed by atoms with Gasteiger partial charge in [0.05, 0.1) is 0 Å². The fraction of sp³-hybridized carbons (Fsp3) is 0.818. The Bertz CT molecular complexity index is 200. The Morgan fingerprint density at radius 1 is 1.64 bits per heavy atom. The maximum atomic E-state index is 2.55. The van der Waals surface area contributed by atoms with Gasteiger partial charge in [0.15, 0.2) is 0 Å². The summed E-state index contributed by atoms with van der Waals surface area (Å²) in [6.45, 7) is 7.08. The lowest BCUT2D eigenvalue weighted by atomic mass is 9.80. The van der Waals surface area contributed by atoms with E-state index in [4.69, 9.17) is 0 Å². The Labute approximate surface area is 69.7 Å². The molecule has 0 heteroatoms. The predicted molar refractivity (Wildman–Crippen MR) is 48.4 cm³/mol. The van der Waals surface area contributed by atoms with E-state index in [0.29, 0.717) is 5.41 Å². The maximum Gasteiger partial charge on any atom is -0.0136 e. The second kappa shape index (κ2) is 2.12. The molecule has 0 aliphatic heterocycles. The molecule has 0 heterocycles. The van der Waals surface area contributed by atoms with Crippen molar-refractivity contribution in [1.82, 2.24) is 0 Å². The molecule has 62 valence electrons. The minimum absolute atomic E-state index is 0.576. The Morgan fingerprint density at radius 3 is 2.82 bits per heavy atom. The van der Waals surface area contributed by atoms with Crippen molar-refractivity contribution in [3.8, 4) is 0 Å². The molecule has 0 aromatic rings. The van der Waals surface area contributed by atoms with Crippen LogP contribution < -0.4 is 0 Å². The number of allylic oxidation sites excluding steroid dienone is 2. The summed E-state index contributed by atoms with van der Waals surface area (Å²) < 4.78 is 0. The molecule has 1 saturated carbocycles. The van der Waals surface area contributed by atoms with Gasteiger partial charge in [0.25, 0.3) is 0 Å². The van der Waals surface area contributed by atoms with Crippen LogP contribution in [0.2, 0.25) is 0 Å². The van der Waals surface area contributed by atoms with Gasteiger partial charge >= 0.3 is 0 Å². The van der Waals surface area contributed by atoms with Crippen LogP contribution in [0.25, 0.3) is 0 Å². The number of hydrogen-bond acceptors (Lipinski definition) is 0. The van der Waals surface area contributed by atoms with Crippen LogP contribution >= 0.6 is 0 Å². The SMILES string of the molecule is CC(C)CC1(C)C=C2CC2C1. The average Bonchev–Trinajstić information content (AvgIpc) is 2.37. The molecule has 0 aromatic carbocycles. The molecular formula is C11H18. The topological polar surface area (TPSA) is 0 Å². The molecule has 0 bridgehead atoms. The first-order valence-electron chi connectivity index (χ1n) is 4.81. The van der Waals surface area contributed by atoms with Crippen LogP contribution in [-0.2, 0) is 0 Å². The second-order valence-corrected chi connectivity index (χ2v) is 5.08. The van der Waals surface area contributed by atoms with E-state index in [2.05, 4.69) is 26.8 Å². The van der Waals surface area contributed by atoms with E-state index < -0.39 is 0 Å². The van der Waals surface area contributed by atoms with E-state index >= 15 is 0 Å². The largest absolute Gasteiger partial charge is 0.0790 e. The molecule has 2 unspecified atom stereocenters. The highest BCUT2D eigenvalue weighted by Gasteiger charge is 2.43. The first kappa shape index (κ1) is 7.39. The van der Waals surface area contributed by atoms with E-state index in [1.54, 1.807) is 5.57 Å². The molecule has 0 radical (unpaired) electrons. The van der Waals surface area contributed by atoms with Crippen LogP contribution in [0.4, 0.5) is 0 Å². The van der Waals surface area contributed by atoms with E-state index in [9.17, 15) is 0 Å². The van der Waals surface area contributed by atoms with Gasteiger partial charge in [-0.2, -0.15) is 0 Å². The highest BCUT2D eigenvalue weighted by atomic mass is 14.5. The van der Waals surface area contributed by atoms with Crippen LogP contribution in [0.1, 0.15) is 40.0 Å². The van der Waals surface area contributed by atoms with Gasteiger partial charge in [-0.15, -0.1) is 0 Å². The van der Waals surface area contributed by atoms with E-state index in [1.165, 1.54) is 19.3 Å². The normalized spacial score (nSPS) is 40.7. The minimum Gasteiger partial charge on any atom is -0.0790 e. The molecule has 0 spiro atoms. The molecule has 11 heavy (non-hydrogen) atoms. The van der Waals surface area contributed by atoms with Gasteiger partial charge in [0.1, 0.15) is 0 Å². The van der Waals surface area contributed by atoms with Gasteiger partial charge in [-0.05, 0) is 36.5 Å². The van der Waals surface area contributed by atoms with Crippen molar-refractivity contribution in [3.63, 3.8) is 0 Å². The van der Waals surface area contributed by atoms with Crippen LogP contribution in [-0.4, -0.2) is 0 Å². The average molecular weight is 150 g/mol. The van der Waals surface area contributed by atoms with Crippen LogP contribution in [0.5, 0.6) is 0 Å². The monoisotopic (exact) mass is 150 g/mol. The minimum atomic E-state index is 0.576. The molecule has 2 atom stereocenters. The van der Waals surface area contributed by atoms with E-state index in [1.807, 2.05) is 0 Å². The van der Waals surface area contributed by atoms with Crippen LogP contribution in [0.15, 0.2) is 11.6 Å². The standard InChI is InChI=1S/C11H18/c1-8(2)5-11(3)6-9-4-10(9)7-11/h6,8,10H,4-5,7H2,1-3H3. The third-order valence-electron chi connectivity index (χ3n) is 2.97. The summed E-state index contributed by atoms with van der Waals surface area (Å²) >= 11 is 0. The zero-order valence-corrected chi connectivity index (χ0v) is 7.85. The molecular weight excluding hydrogens is 132 g/mol. The summed E-state index contributed by atoms with van der Waals surface area (Å²) in [6, 6.07) is 0. The van der Waals surface area contributed by atoms with Crippen molar-refractivity contribution in [2.45, 2.75) is 40.0 Å². The first-order chi connectivity index (χ1) is 5.09. The lowest BCUT2D eigenvalue weighted by Crippen LogP contribution is -2.14. The molecule has 0 saturated heterocycles. The molecule has 2 rings (SSSR count). The fourth-order valence-corrected chi connectivity index (χ4v) is 2.75. The smallest absolute Gasteiger partial charge is 0.0136 e. The molecule has 0 aromatic heterocycles. The summed E-state index contributed by atoms with van der Waals surface area (Å²) in [6.07, 6.45) is 6.80. The van der Waals surface area contributed by atoms with Gasteiger partial charge < -0.3 is 0 Å². The van der Waals surface area contributed by atoms with Crippen molar-refractivity contribution in [2.24, 2.45) is 17.3 Å². The van der Waals surface area contributed by atoms with Crippen molar-refractivity contribution in [1.29, 1.82) is 0 Å². The van der Waals surface area contributed by atoms with Gasteiger partial charge in [-0.1, -0.05) is 32.4 Å². The van der Waals surface area contributed by atoms with Crippen molar-refractivity contribution < 1.29 is 0 Å². The summed E-state index contributed by atoms with van der Waals surface area (Å²) in [4.78, 5) is 0. The lowest BCUT2D eigenvalue weighted by molar-refractivity contribution is 0.310. The van der Waals surface area contributed by atoms with Gasteiger partial charge in [0.2, 0.25) is 0 Å². The zero-order valence-electron chi connectivity index (χ0n) is 7.85. The molecule has 0 N–H and O–H groups in total. The Morgan fingerprint density at radius 2 is 2.36 bits per heavy atom. The highest BCUT2D eigenvalue weighted by molar-refractivity contribution is 5.32. The summed E-state index contributed by atoms with van der Waals surface area (Å²) in [5.74, 6) is 1.87. The number of hydrogen-bond donors (Lipinski definition) is 0. The molecule has 0 amide bonds. The lowest BCUT2D eigenvalue weighted by Gasteiger charge is -2.25. The Kier molecular flexibility index (Phi) is 1.42. The van der Waals surface area contributed by atoms with Gasteiger partial charge in [0, 0.05) is 0 Å². The first-order valence-corrected chi connectivity index (χ1v) is 4.81. The quantitative estimate of drug-likeness (QED) is 0.529. The summed E-state index contributed by atoms with van der Waals surface area (Å²) in [5, 5.41) is 0. The molecule has 2 aliphatic rings. The van der Waals surface area contributed by atoms with Crippen LogP contribution in [0, 0.1) is 17.3 Å². The number of rotatable bonds is 2. The van der Waals surface area contributed by atoms with Crippen molar-refractivity contribution in [2.75, 3.05) is 0 Å². The third-order valence-corrected chi connectivity index (χ3v) is 2.97.